The topological polar surface area (TPSA) is 58.3 Å². The Balaban J connectivity index is 2.14. The fourth-order valence-electron chi connectivity index (χ4n) is 2.81. The molecule has 1 aromatic carbocycles. The second-order valence-corrected chi connectivity index (χ2v) is 5.49. The molecule has 0 amide bonds. The van der Waals surface area contributed by atoms with Crippen LogP contribution >= 0.6 is 11.6 Å². The summed E-state index contributed by atoms with van der Waals surface area (Å²) in [6.45, 7) is 0.457. The van der Waals surface area contributed by atoms with E-state index in [0.29, 0.717) is 12.1 Å². The van der Waals surface area contributed by atoms with Gasteiger partial charge in [0.25, 0.3) is 0 Å². The molecule has 1 aromatic rings. The van der Waals surface area contributed by atoms with Gasteiger partial charge in [-0.25, -0.2) is 4.39 Å². The summed E-state index contributed by atoms with van der Waals surface area (Å²) < 4.78 is 14.0. The molecule has 0 radical (unpaired) electrons. The average molecular weight is 287 g/mol. The zero-order valence-electron chi connectivity index (χ0n) is 10.8. The Bertz CT molecular complexity index is 430. The quantitative estimate of drug-likeness (QED) is 0.778. The van der Waals surface area contributed by atoms with Crippen LogP contribution in [0.5, 0.6) is 0 Å². The first kappa shape index (κ1) is 14.7. The molecule has 0 heterocycles. The molecule has 19 heavy (non-hydrogen) atoms. The van der Waals surface area contributed by atoms with Crippen molar-refractivity contribution in [2.75, 3.05) is 13.2 Å². The Hall–Kier alpha value is -0.680. The maximum absolute atomic E-state index is 14.0. The van der Waals surface area contributed by atoms with Gasteiger partial charge < -0.3 is 16.2 Å². The molecule has 1 fully saturated rings. The molecule has 106 valence electrons. The fourth-order valence-corrected chi connectivity index (χ4v) is 2.99. The minimum Gasteiger partial charge on any atom is -0.396 e. The maximum Gasteiger partial charge on any atom is 0.146 e. The number of nitrogens with two attached hydrogens (primary N) is 1. The molecule has 0 aromatic heterocycles. The van der Waals surface area contributed by atoms with Crippen LogP contribution in [0.3, 0.4) is 0 Å². The largest absolute Gasteiger partial charge is 0.396 e. The first-order valence-corrected chi connectivity index (χ1v) is 7.06. The van der Waals surface area contributed by atoms with Crippen molar-refractivity contribution >= 4 is 11.6 Å². The van der Waals surface area contributed by atoms with E-state index in [1.54, 1.807) is 12.1 Å². The highest BCUT2D eigenvalue weighted by Gasteiger charge is 2.29. The van der Waals surface area contributed by atoms with E-state index in [-0.39, 0.29) is 29.6 Å². The minimum atomic E-state index is -0.411. The van der Waals surface area contributed by atoms with Gasteiger partial charge in [0, 0.05) is 30.8 Å². The number of rotatable bonds is 5. The zero-order valence-corrected chi connectivity index (χ0v) is 11.5. The highest BCUT2D eigenvalue weighted by Crippen LogP contribution is 2.29. The summed E-state index contributed by atoms with van der Waals surface area (Å²) in [5, 5.41) is 12.8. The second-order valence-electron chi connectivity index (χ2n) is 5.08. The molecule has 3 unspecified atom stereocenters. The highest BCUT2D eigenvalue weighted by atomic mass is 35.5. The van der Waals surface area contributed by atoms with Gasteiger partial charge in [0.15, 0.2) is 0 Å². The Morgan fingerprint density at radius 2 is 2.26 bits per heavy atom. The van der Waals surface area contributed by atoms with Crippen molar-refractivity contribution in [1.82, 2.24) is 5.32 Å². The monoisotopic (exact) mass is 286 g/mol. The number of halogens is 2. The van der Waals surface area contributed by atoms with Gasteiger partial charge in [0.05, 0.1) is 5.02 Å². The van der Waals surface area contributed by atoms with Crippen molar-refractivity contribution in [2.24, 2.45) is 11.7 Å². The summed E-state index contributed by atoms with van der Waals surface area (Å²) in [7, 11) is 0. The van der Waals surface area contributed by atoms with Crippen molar-refractivity contribution in [3.05, 3.63) is 34.6 Å². The first-order valence-electron chi connectivity index (χ1n) is 6.68. The summed E-state index contributed by atoms with van der Waals surface area (Å²) in [6, 6.07) is 4.88. The van der Waals surface area contributed by atoms with E-state index in [0.717, 1.165) is 19.3 Å². The molecule has 1 aliphatic rings. The molecule has 1 saturated carbocycles. The van der Waals surface area contributed by atoms with Crippen LogP contribution in [0.4, 0.5) is 4.39 Å². The number of aliphatic hydroxyl groups excluding tert-OH is 1. The van der Waals surface area contributed by atoms with Gasteiger partial charge in [0.2, 0.25) is 0 Å². The van der Waals surface area contributed by atoms with Gasteiger partial charge in [-0.2, -0.15) is 0 Å². The average Bonchev–Trinajstić information content (AvgIpc) is 2.87. The Kier molecular flexibility index (Phi) is 5.16. The lowest BCUT2D eigenvalue weighted by molar-refractivity contribution is 0.199. The molecular formula is C14H20ClFN2O. The van der Waals surface area contributed by atoms with Crippen molar-refractivity contribution in [3.8, 4) is 0 Å². The molecular weight excluding hydrogens is 267 g/mol. The van der Waals surface area contributed by atoms with E-state index in [1.165, 1.54) is 6.07 Å². The highest BCUT2D eigenvalue weighted by molar-refractivity contribution is 6.30. The molecule has 3 atom stereocenters. The van der Waals surface area contributed by atoms with Crippen LogP contribution in [0, 0.1) is 11.7 Å². The molecule has 2 rings (SSSR count). The van der Waals surface area contributed by atoms with Crippen LogP contribution in [-0.2, 0) is 0 Å². The fraction of sp³-hybridized carbons (Fsp3) is 0.571. The van der Waals surface area contributed by atoms with Crippen LogP contribution < -0.4 is 11.1 Å². The van der Waals surface area contributed by atoms with Crippen LogP contribution in [0.2, 0.25) is 5.02 Å². The van der Waals surface area contributed by atoms with Crippen molar-refractivity contribution in [3.63, 3.8) is 0 Å². The smallest absolute Gasteiger partial charge is 0.146 e. The molecule has 4 N–H and O–H groups in total. The molecule has 0 aliphatic heterocycles. The third kappa shape index (κ3) is 3.26. The summed E-state index contributed by atoms with van der Waals surface area (Å²) >= 11 is 5.80. The predicted molar refractivity (Wildman–Crippen MR) is 74.6 cm³/mol. The molecule has 0 spiro atoms. The van der Waals surface area contributed by atoms with E-state index >= 15 is 0 Å². The summed E-state index contributed by atoms with van der Waals surface area (Å²) in [4.78, 5) is 0. The van der Waals surface area contributed by atoms with Crippen LogP contribution in [0.25, 0.3) is 0 Å². The second kappa shape index (κ2) is 6.66. The van der Waals surface area contributed by atoms with Crippen molar-refractivity contribution in [2.45, 2.75) is 31.3 Å². The SMILES string of the molecule is NCC(NC1CCCC1CO)c1cccc(Cl)c1F. The van der Waals surface area contributed by atoms with E-state index in [9.17, 15) is 9.50 Å². The first-order chi connectivity index (χ1) is 9.17. The third-order valence-corrected chi connectivity index (χ3v) is 4.19. The molecule has 0 bridgehead atoms. The summed E-state index contributed by atoms with van der Waals surface area (Å²) in [5.41, 5.74) is 6.25. The van der Waals surface area contributed by atoms with Gasteiger partial charge in [-0.1, -0.05) is 30.2 Å². The maximum atomic E-state index is 14.0. The number of benzene rings is 1. The third-order valence-electron chi connectivity index (χ3n) is 3.90. The van der Waals surface area contributed by atoms with E-state index in [2.05, 4.69) is 5.32 Å². The molecule has 1 aliphatic carbocycles. The van der Waals surface area contributed by atoms with Crippen LogP contribution in [0.1, 0.15) is 30.9 Å². The summed E-state index contributed by atoms with van der Waals surface area (Å²) in [5.74, 6) is -0.179. The van der Waals surface area contributed by atoms with E-state index in [4.69, 9.17) is 17.3 Å². The number of hydrogen-bond acceptors (Lipinski definition) is 3. The van der Waals surface area contributed by atoms with E-state index in [1.807, 2.05) is 0 Å². The zero-order chi connectivity index (χ0) is 13.8. The predicted octanol–water partition coefficient (Wildman–Crippen LogP) is 2.23. The normalized spacial score (nSPS) is 24.6. The van der Waals surface area contributed by atoms with E-state index < -0.39 is 5.82 Å². The molecule has 3 nitrogen and oxygen atoms in total. The molecule has 0 saturated heterocycles. The minimum absolute atomic E-state index is 0.114. The Morgan fingerprint density at radius 1 is 1.47 bits per heavy atom. The standard InChI is InChI=1S/C14H20ClFN2O/c15-11-5-2-4-10(14(11)16)13(7-17)18-12-6-1-3-9(12)8-19/h2,4-5,9,12-13,18-19H,1,3,6-8,17H2. The van der Waals surface area contributed by atoms with Gasteiger partial charge in [0.1, 0.15) is 5.82 Å². The van der Waals surface area contributed by atoms with Crippen LogP contribution in [-0.4, -0.2) is 24.3 Å². The lowest BCUT2D eigenvalue weighted by Gasteiger charge is -2.26. The Morgan fingerprint density at radius 3 is 2.95 bits per heavy atom. The van der Waals surface area contributed by atoms with Crippen molar-refractivity contribution < 1.29 is 9.50 Å². The number of hydrogen-bond donors (Lipinski definition) is 3. The molecule has 5 heteroatoms. The lowest BCUT2D eigenvalue weighted by Crippen LogP contribution is -2.40. The van der Waals surface area contributed by atoms with Gasteiger partial charge in [-0.15, -0.1) is 0 Å². The van der Waals surface area contributed by atoms with Crippen molar-refractivity contribution in [1.29, 1.82) is 0 Å². The van der Waals surface area contributed by atoms with Gasteiger partial charge in [-0.05, 0) is 24.8 Å². The van der Waals surface area contributed by atoms with Crippen LogP contribution in [0.15, 0.2) is 18.2 Å². The van der Waals surface area contributed by atoms with Gasteiger partial charge >= 0.3 is 0 Å². The Labute approximate surface area is 117 Å². The van der Waals surface area contributed by atoms with Gasteiger partial charge in [-0.3, -0.25) is 0 Å². The number of nitrogens with one attached hydrogen (secondary N) is 1. The lowest BCUT2D eigenvalue weighted by atomic mass is 10.0. The number of aliphatic hydroxyl groups is 1. The summed E-state index contributed by atoms with van der Waals surface area (Å²) in [6.07, 6.45) is 3.08.